The molecule has 0 radical (unpaired) electrons. The zero-order valence-electron chi connectivity index (χ0n) is 12.6. The second-order valence-electron chi connectivity index (χ2n) is 5.00. The van der Waals surface area contributed by atoms with Crippen LogP contribution in [0.5, 0.6) is 0 Å². The standard InChI is InChI=1S/C17H20O5/c1-2-21-17(19)10-15-8-14(18)9-16(22-15)12-20-11-13-6-4-3-5-7-13/h3-8,16H,2,9-12H2,1H3/t16-/m1/s1. The Morgan fingerprint density at radius 2 is 2.09 bits per heavy atom. The third kappa shape index (κ3) is 5.33. The van der Waals surface area contributed by atoms with E-state index in [9.17, 15) is 9.59 Å². The van der Waals surface area contributed by atoms with E-state index < -0.39 is 5.97 Å². The van der Waals surface area contributed by atoms with Gasteiger partial charge in [-0.1, -0.05) is 30.3 Å². The molecule has 1 aromatic rings. The zero-order chi connectivity index (χ0) is 15.8. The highest BCUT2D eigenvalue weighted by molar-refractivity contribution is 5.92. The van der Waals surface area contributed by atoms with Crippen molar-refractivity contribution in [2.75, 3.05) is 13.2 Å². The van der Waals surface area contributed by atoms with Crippen molar-refractivity contribution in [3.63, 3.8) is 0 Å². The van der Waals surface area contributed by atoms with Crippen LogP contribution in [0, 0.1) is 0 Å². The Labute approximate surface area is 129 Å². The van der Waals surface area contributed by atoms with Crippen molar-refractivity contribution >= 4 is 11.8 Å². The highest BCUT2D eigenvalue weighted by Gasteiger charge is 2.23. The van der Waals surface area contributed by atoms with Crippen LogP contribution < -0.4 is 0 Å². The molecular weight excluding hydrogens is 284 g/mol. The van der Waals surface area contributed by atoms with Gasteiger partial charge in [-0.25, -0.2) is 0 Å². The van der Waals surface area contributed by atoms with Crippen LogP contribution in [0.1, 0.15) is 25.3 Å². The van der Waals surface area contributed by atoms with Gasteiger partial charge < -0.3 is 14.2 Å². The Kier molecular flexibility index (Phi) is 6.15. The topological polar surface area (TPSA) is 61.8 Å². The van der Waals surface area contributed by atoms with Crippen LogP contribution in [-0.4, -0.2) is 31.1 Å². The van der Waals surface area contributed by atoms with Gasteiger partial charge in [-0.3, -0.25) is 9.59 Å². The van der Waals surface area contributed by atoms with E-state index in [1.165, 1.54) is 6.08 Å². The fraction of sp³-hybridized carbons (Fsp3) is 0.412. The molecule has 0 N–H and O–H groups in total. The molecule has 0 aliphatic carbocycles. The highest BCUT2D eigenvalue weighted by atomic mass is 16.5. The largest absolute Gasteiger partial charge is 0.491 e. The molecule has 0 saturated heterocycles. The summed E-state index contributed by atoms with van der Waals surface area (Å²) in [4.78, 5) is 23.1. The molecule has 1 aromatic carbocycles. The van der Waals surface area contributed by atoms with Gasteiger partial charge in [0.25, 0.3) is 0 Å². The van der Waals surface area contributed by atoms with E-state index in [2.05, 4.69) is 0 Å². The normalized spacial score (nSPS) is 17.6. The third-order valence-corrected chi connectivity index (χ3v) is 3.11. The summed E-state index contributed by atoms with van der Waals surface area (Å²) in [6, 6.07) is 9.77. The van der Waals surface area contributed by atoms with Crippen molar-refractivity contribution in [2.45, 2.75) is 32.5 Å². The molecule has 1 aliphatic heterocycles. The van der Waals surface area contributed by atoms with Crippen molar-refractivity contribution < 1.29 is 23.8 Å². The van der Waals surface area contributed by atoms with Gasteiger partial charge in [0.2, 0.25) is 0 Å². The number of carbonyl (C=O) groups is 2. The van der Waals surface area contributed by atoms with Gasteiger partial charge in [-0.15, -0.1) is 0 Å². The summed E-state index contributed by atoms with van der Waals surface area (Å²) < 4.78 is 16.1. The predicted molar refractivity (Wildman–Crippen MR) is 79.9 cm³/mol. The Bertz CT molecular complexity index is 535. The molecule has 0 fully saturated rings. The van der Waals surface area contributed by atoms with E-state index >= 15 is 0 Å². The number of ketones is 1. The Hall–Kier alpha value is -2.14. The Morgan fingerprint density at radius 3 is 2.82 bits per heavy atom. The van der Waals surface area contributed by atoms with Gasteiger partial charge in [0.15, 0.2) is 5.78 Å². The maximum absolute atomic E-state index is 11.7. The van der Waals surface area contributed by atoms with Crippen molar-refractivity contribution in [1.29, 1.82) is 0 Å². The lowest BCUT2D eigenvalue weighted by Gasteiger charge is -2.23. The number of esters is 1. The first-order chi connectivity index (χ1) is 10.7. The van der Waals surface area contributed by atoms with Crippen molar-refractivity contribution in [2.24, 2.45) is 0 Å². The molecular formula is C17H20O5. The molecule has 118 valence electrons. The molecule has 1 atom stereocenters. The summed E-state index contributed by atoms with van der Waals surface area (Å²) in [6.45, 7) is 2.82. The third-order valence-electron chi connectivity index (χ3n) is 3.11. The molecule has 22 heavy (non-hydrogen) atoms. The first-order valence-electron chi connectivity index (χ1n) is 7.34. The molecule has 0 unspecified atom stereocenters. The van der Waals surface area contributed by atoms with Gasteiger partial charge in [-0.2, -0.15) is 0 Å². The lowest BCUT2D eigenvalue weighted by molar-refractivity contribution is -0.143. The first kappa shape index (κ1) is 16.2. The molecule has 5 nitrogen and oxygen atoms in total. The number of allylic oxidation sites excluding steroid dienone is 1. The predicted octanol–water partition coefficient (Wildman–Crippen LogP) is 2.40. The molecule has 0 amide bonds. The summed E-state index contributed by atoms with van der Waals surface area (Å²) in [5.41, 5.74) is 1.06. The lowest BCUT2D eigenvalue weighted by atomic mass is 10.1. The SMILES string of the molecule is CCOC(=O)CC1=CC(=O)C[C@H](COCc2ccccc2)O1. The van der Waals surface area contributed by atoms with Crippen LogP contribution in [0.25, 0.3) is 0 Å². The number of rotatable bonds is 7. The van der Waals surface area contributed by atoms with Crippen molar-refractivity contribution in [1.82, 2.24) is 0 Å². The van der Waals surface area contributed by atoms with E-state index in [1.807, 2.05) is 30.3 Å². The van der Waals surface area contributed by atoms with Gasteiger partial charge in [0.05, 0.1) is 19.8 Å². The minimum absolute atomic E-state index is 0.0191. The van der Waals surface area contributed by atoms with Gasteiger partial charge in [0, 0.05) is 12.5 Å². The molecule has 1 heterocycles. The summed E-state index contributed by atoms with van der Waals surface area (Å²) in [5, 5.41) is 0. The van der Waals surface area contributed by atoms with Crippen LogP contribution in [0.15, 0.2) is 42.2 Å². The Balaban J connectivity index is 1.79. The van der Waals surface area contributed by atoms with Crippen LogP contribution >= 0.6 is 0 Å². The van der Waals surface area contributed by atoms with Crippen molar-refractivity contribution in [3.8, 4) is 0 Å². The fourth-order valence-electron chi connectivity index (χ4n) is 2.18. The molecule has 1 aliphatic rings. The summed E-state index contributed by atoms with van der Waals surface area (Å²) in [5.74, 6) is -0.103. The van der Waals surface area contributed by atoms with E-state index in [0.717, 1.165) is 5.56 Å². The lowest BCUT2D eigenvalue weighted by Crippen LogP contribution is -2.27. The van der Waals surface area contributed by atoms with Crippen LogP contribution in [0.3, 0.4) is 0 Å². The van der Waals surface area contributed by atoms with Crippen LogP contribution in [0.2, 0.25) is 0 Å². The monoisotopic (exact) mass is 304 g/mol. The highest BCUT2D eigenvalue weighted by Crippen LogP contribution is 2.18. The van der Waals surface area contributed by atoms with E-state index in [1.54, 1.807) is 6.92 Å². The molecule has 0 spiro atoms. The van der Waals surface area contributed by atoms with Gasteiger partial charge in [0.1, 0.15) is 18.3 Å². The average Bonchev–Trinajstić information content (AvgIpc) is 2.48. The molecule has 0 aromatic heterocycles. The summed E-state index contributed by atoms with van der Waals surface area (Å²) >= 11 is 0. The second-order valence-corrected chi connectivity index (χ2v) is 5.00. The quantitative estimate of drug-likeness (QED) is 0.724. The van der Waals surface area contributed by atoms with Gasteiger partial charge >= 0.3 is 5.97 Å². The van der Waals surface area contributed by atoms with E-state index in [4.69, 9.17) is 14.2 Å². The molecule has 0 bridgehead atoms. The minimum atomic E-state index is -0.396. The maximum atomic E-state index is 11.7. The van der Waals surface area contributed by atoms with Crippen LogP contribution in [0.4, 0.5) is 0 Å². The number of carbonyl (C=O) groups excluding carboxylic acids is 2. The minimum Gasteiger partial charge on any atom is -0.491 e. The first-order valence-corrected chi connectivity index (χ1v) is 7.34. The van der Waals surface area contributed by atoms with Gasteiger partial charge in [-0.05, 0) is 12.5 Å². The number of hydrogen-bond acceptors (Lipinski definition) is 5. The number of benzene rings is 1. The number of ether oxygens (including phenoxy) is 3. The summed E-state index contributed by atoms with van der Waals surface area (Å²) in [7, 11) is 0. The second kappa shape index (κ2) is 8.34. The maximum Gasteiger partial charge on any atom is 0.313 e. The van der Waals surface area contributed by atoms with Crippen LogP contribution in [-0.2, 0) is 30.4 Å². The smallest absolute Gasteiger partial charge is 0.313 e. The fourth-order valence-corrected chi connectivity index (χ4v) is 2.18. The molecule has 0 saturated carbocycles. The van der Waals surface area contributed by atoms with Crippen molar-refractivity contribution in [3.05, 3.63) is 47.7 Å². The van der Waals surface area contributed by atoms with E-state index in [0.29, 0.717) is 25.6 Å². The number of hydrogen-bond donors (Lipinski definition) is 0. The molecule has 2 rings (SSSR count). The zero-order valence-corrected chi connectivity index (χ0v) is 12.6. The average molecular weight is 304 g/mol. The Morgan fingerprint density at radius 1 is 1.32 bits per heavy atom. The molecule has 5 heteroatoms. The summed E-state index contributed by atoms with van der Waals surface area (Å²) in [6.07, 6.45) is 1.26. The van der Waals surface area contributed by atoms with E-state index in [-0.39, 0.29) is 24.7 Å².